The monoisotopic (exact) mass is 369 g/mol. The molecular formula is C18H28ClN3O3. The average molecular weight is 370 g/mol. The number of rotatable bonds is 5. The molecule has 0 aliphatic heterocycles. The number of carbonyl (C=O) groups is 2. The van der Waals surface area contributed by atoms with Crippen molar-refractivity contribution in [2.24, 2.45) is 11.7 Å². The molecule has 1 aliphatic rings. The predicted octanol–water partition coefficient (Wildman–Crippen LogP) is 2.42. The van der Waals surface area contributed by atoms with E-state index in [1.807, 2.05) is 6.92 Å². The zero-order valence-electron chi connectivity index (χ0n) is 15.1. The molecule has 1 saturated carbocycles. The number of benzene rings is 1. The molecule has 1 aliphatic carbocycles. The van der Waals surface area contributed by atoms with Gasteiger partial charge in [0.05, 0.1) is 5.92 Å². The van der Waals surface area contributed by atoms with E-state index in [2.05, 4.69) is 5.32 Å². The molecule has 0 radical (unpaired) electrons. The Morgan fingerprint density at radius 3 is 2.48 bits per heavy atom. The highest BCUT2D eigenvalue weighted by molar-refractivity contribution is 5.93. The summed E-state index contributed by atoms with van der Waals surface area (Å²) in [5, 5.41) is 2.93. The van der Waals surface area contributed by atoms with Crippen molar-refractivity contribution in [3.8, 4) is 5.75 Å². The Bertz CT molecular complexity index is 588. The molecule has 7 heteroatoms. The summed E-state index contributed by atoms with van der Waals surface area (Å²) in [6, 6.07) is 7.01. The first-order valence-corrected chi connectivity index (χ1v) is 8.32. The van der Waals surface area contributed by atoms with Crippen LogP contribution >= 0.6 is 12.4 Å². The standard InChI is InChI=1S/C18H27N3O3.ClH/c1-18(19)11-5-4-6-15(18)17(23)20-13-7-9-14(10-8-13)24-12-16(22)21(2)3;/h7-10,15H,4-6,11-12,19H2,1-3H3,(H,20,23);1H. The Kier molecular flexibility index (Phi) is 7.70. The van der Waals surface area contributed by atoms with Gasteiger partial charge in [0, 0.05) is 25.3 Å². The van der Waals surface area contributed by atoms with Gasteiger partial charge in [-0.05, 0) is 44.0 Å². The lowest BCUT2D eigenvalue weighted by atomic mass is 9.74. The van der Waals surface area contributed by atoms with E-state index in [1.54, 1.807) is 38.4 Å². The molecule has 1 fully saturated rings. The average Bonchev–Trinajstić information content (AvgIpc) is 2.53. The van der Waals surface area contributed by atoms with E-state index < -0.39 is 5.54 Å². The lowest BCUT2D eigenvalue weighted by molar-refractivity contribution is -0.130. The predicted molar refractivity (Wildman–Crippen MR) is 101 cm³/mol. The minimum absolute atomic E-state index is 0. The van der Waals surface area contributed by atoms with Crippen LogP contribution in [0.2, 0.25) is 0 Å². The molecule has 0 saturated heterocycles. The Balaban J connectivity index is 0.00000312. The molecule has 25 heavy (non-hydrogen) atoms. The number of likely N-dealkylation sites (N-methyl/N-ethyl adjacent to an activating group) is 1. The van der Waals surface area contributed by atoms with Gasteiger partial charge in [-0.15, -0.1) is 12.4 Å². The van der Waals surface area contributed by atoms with Gasteiger partial charge < -0.3 is 20.7 Å². The van der Waals surface area contributed by atoms with Crippen molar-refractivity contribution >= 4 is 29.9 Å². The SMILES string of the molecule is CN(C)C(=O)COc1ccc(NC(=O)C2CCCCC2(C)N)cc1.Cl. The third-order valence-electron chi connectivity index (χ3n) is 4.55. The summed E-state index contributed by atoms with van der Waals surface area (Å²) in [6.07, 6.45) is 3.82. The second-order valence-corrected chi connectivity index (χ2v) is 6.89. The maximum absolute atomic E-state index is 12.5. The van der Waals surface area contributed by atoms with Crippen LogP contribution in [0.5, 0.6) is 5.75 Å². The lowest BCUT2D eigenvalue weighted by Gasteiger charge is -2.37. The summed E-state index contributed by atoms with van der Waals surface area (Å²) in [4.78, 5) is 25.5. The Morgan fingerprint density at radius 2 is 1.92 bits per heavy atom. The van der Waals surface area contributed by atoms with E-state index in [0.717, 1.165) is 25.7 Å². The summed E-state index contributed by atoms with van der Waals surface area (Å²) < 4.78 is 5.41. The van der Waals surface area contributed by atoms with Crippen LogP contribution < -0.4 is 15.8 Å². The molecule has 6 nitrogen and oxygen atoms in total. The van der Waals surface area contributed by atoms with E-state index in [1.165, 1.54) is 4.90 Å². The number of hydrogen-bond acceptors (Lipinski definition) is 4. The summed E-state index contributed by atoms with van der Waals surface area (Å²) in [5.74, 6) is 0.285. The molecule has 2 atom stereocenters. The van der Waals surface area contributed by atoms with Crippen molar-refractivity contribution in [3.63, 3.8) is 0 Å². The van der Waals surface area contributed by atoms with Gasteiger partial charge in [0.1, 0.15) is 5.75 Å². The number of nitrogens with zero attached hydrogens (tertiary/aromatic N) is 1. The van der Waals surface area contributed by atoms with Gasteiger partial charge in [-0.1, -0.05) is 12.8 Å². The molecule has 140 valence electrons. The first-order chi connectivity index (χ1) is 11.3. The largest absolute Gasteiger partial charge is 0.484 e. The van der Waals surface area contributed by atoms with E-state index in [-0.39, 0.29) is 36.7 Å². The smallest absolute Gasteiger partial charge is 0.259 e. The van der Waals surface area contributed by atoms with Crippen LogP contribution in [-0.4, -0.2) is 43.0 Å². The molecular weight excluding hydrogens is 342 g/mol. The fourth-order valence-corrected chi connectivity index (χ4v) is 2.93. The Hall–Kier alpha value is -1.79. The maximum Gasteiger partial charge on any atom is 0.259 e. The van der Waals surface area contributed by atoms with Crippen LogP contribution in [-0.2, 0) is 9.59 Å². The molecule has 2 rings (SSSR count). The zero-order chi connectivity index (χ0) is 17.7. The summed E-state index contributed by atoms with van der Waals surface area (Å²) >= 11 is 0. The van der Waals surface area contributed by atoms with Gasteiger partial charge in [0.2, 0.25) is 5.91 Å². The highest BCUT2D eigenvalue weighted by Crippen LogP contribution is 2.32. The van der Waals surface area contributed by atoms with Gasteiger partial charge >= 0.3 is 0 Å². The maximum atomic E-state index is 12.5. The number of amides is 2. The number of carbonyl (C=O) groups excluding carboxylic acids is 2. The van der Waals surface area contributed by atoms with Crippen molar-refractivity contribution in [1.82, 2.24) is 4.90 Å². The summed E-state index contributed by atoms with van der Waals surface area (Å²) in [5.41, 5.74) is 6.53. The minimum Gasteiger partial charge on any atom is -0.484 e. The van der Waals surface area contributed by atoms with Crippen LogP contribution in [0.3, 0.4) is 0 Å². The van der Waals surface area contributed by atoms with Crippen LogP contribution in [0.25, 0.3) is 0 Å². The van der Waals surface area contributed by atoms with Crippen LogP contribution in [0.4, 0.5) is 5.69 Å². The second-order valence-electron chi connectivity index (χ2n) is 6.89. The van der Waals surface area contributed by atoms with Crippen molar-refractivity contribution in [2.45, 2.75) is 38.1 Å². The normalized spacial score (nSPS) is 22.5. The van der Waals surface area contributed by atoms with Crippen LogP contribution in [0.15, 0.2) is 24.3 Å². The number of hydrogen-bond donors (Lipinski definition) is 2. The number of nitrogens with two attached hydrogens (primary N) is 1. The van der Waals surface area contributed by atoms with Crippen LogP contribution in [0, 0.1) is 5.92 Å². The minimum atomic E-state index is -0.447. The highest BCUT2D eigenvalue weighted by atomic mass is 35.5. The molecule has 1 aromatic rings. The fraction of sp³-hybridized carbons (Fsp3) is 0.556. The van der Waals surface area contributed by atoms with Gasteiger partial charge in [0.15, 0.2) is 6.61 Å². The third-order valence-corrected chi connectivity index (χ3v) is 4.55. The Morgan fingerprint density at radius 1 is 1.28 bits per heavy atom. The fourth-order valence-electron chi connectivity index (χ4n) is 2.93. The molecule has 2 amide bonds. The van der Waals surface area contributed by atoms with Gasteiger partial charge in [0.25, 0.3) is 5.91 Å². The van der Waals surface area contributed by atoms with Crippen molar-refractivity contribution in [2.75, 3.05) is 26.0 Å². The highest BCUT2D eigenvalue weighted by Gasteiger charge is 2.37. The number of halogens is 1. The number of ether oxygens (including phenoxy) is 1. The quantitative estimate of drug-likeness (QED) is 0.834. The first kappa shape index (κ1) is 21.3. The first-order valence-electron chi connectivity index (χ1n) is 8.32. The molecule has 2 unspecified atom stereocenters. The molecule has 0 aromatic heterocycles. The molecule has 0 spiro atoms. The van der Waals surface area contributed by atoms with Gasteiger partial charge in [-0.3, -0.25) is 9.59 Å². The van der Waals surface area contributed by atoms with Crippen molar-refractivity contribution in [1.29, 1.82) is 0 Å². The zero-order valence-corrected chi connectivity index (χ0v) is 15.9. The summed E-state index contributed by atoms with van der Waals surface area (Å²) in [6.45, 7) is 1.95. The number of nitrogens with one attached hydrogen (secondary N) is 1. The third kappa shape index (κ3) is 5.90. The Labute approximate surface area is 155 Å². The molecule has 1 aromatic carbocycles. The number of anilines is 1. The lowest BCUT2D eigenvalue weighted by Crippen LogP contribution is -2.51. The van der Waals surface area contributed by atoms with Crippen molar-refractivity contribution < 1.29 is 14.3 Å². The van der Waals surface area contributed by atoms with Crippen molar-refractivity contribution in [3.05, 3.63) is 24.3 Å². The van der Waals surface area contributed by atoms with E-state index in [9.17, 15) is 9.59 Å². The van der Waals surface area contributed by atoms with E-state index in [4.69, 9.17) is 10.5 Å². The van der Waals surface area contributed by atoms with Gasteiger partial charge in [-0.2, -0.15) is 0 Å². The molecule has 0 heterocycles. The second kappa shape index (κ2) is 9.06. The topological polar surface area (TPSA) is 84.7 Å². The van der Waals surface area contributed by atoms with E-state index >= 15 is 0 Å². The summed E-state index contributed by atoms with van der Waals surface area (Å²) in [7, 11) is 3.36. The molecule has 3 N–H and O–H groups in total. The van der Waals surface area contributed by atoms with E-state index in [0.29, 0.717) is 11.4 Å². The molecule has 0 bridgehead atoms. The van der Waals surface area contributed by atoms with Gasteiger partial charge in [-0.25, -0.2) is 0 Å². The van der Waals surface area contributed by atoms with Crippen LogP contribution in [0.1, 0.15) is 32.6 Å².